The summed E-state index contributed by atoms with van der Waals surface area (Å²) in [6.45, 7) is 0.227. The molecule has 1 heterocycles. The number of benzene rings is 1. The molecule has 0 bridgehead atoms. The molecule has 0 spiro atoms. The van der Waals surface area contributed by atoms with Gasteiger partial charge in [0.05, 0.1) is 11.6 Å². The summed E-state index contributed by atoms with van der Waals surface area (Å²) in [7, 11) is 0. The molecule has 1 fully saturated rings. The fourth-order valence-corrected chi connectivity index (χ4v) is 2.35. The minimum atomic E-state index is -0.847. The first-order chi connectivity index (χ1) is 8.97. The Morgan fingerprint density at radius 3 is 2.74 bits per heavy atom. The number of nitrogens with one attached hydrogen (secondary N) is 2. The molecular formula is C12H11BrF2N2O2. The number of carbonyl (C=O) groups is 2. The van der Waals surface area contributed by atoms with Crippen molar-refractivity contribution in [2.24, 2.45) is 5.92 Å². The number of piperidine rings is 1. The zero-order valence-electron chi connectivity index (χ0n) is 9.80. The Labute approximate surface area is 116 Å². The van der Waals surface area contributed by atoms with Crippen molar-refractivity contribution in [3.05, 3.63) is 28.2 Å². The molecule has 1 unspecified atom stereocenters. The Morgan fingerprint density at radius 1 is 1.42 bits per heavy atom. The Bertz CT molecular complexity index is 503. The molecule has 19 heavy (non-hydrogen) atoms. The molecule has 1 saturated heterocycles. The summed E-state index contributed by atoms with van der Waals surface area (Å²) < 4.78 is 26.6. The first-order valence-electron chi connectivity index (χ1n) is 5.69. The van der Waals surface area contributed by atoms with Crippen LogP contribution in [0.15, 0.2) is 16.6 Å². The standard InChI is InChI=1S/C12H11BrF2N2O2/c13-8-3-7(14)4-9(15)11(8)17-12(19)6-1-2-10(18)16-5-6/h3-4,6H,1-2,5H2,(H,16,18)(H,17,19). The maximum atomic E-state index is 13.5. The van der Waals surface area contributed by atoms with Crippen LogP contribution in [-0.4, -0.2) is 18.4 Å². The van der Waals surface area contributed by atoms with Gasteiger partial charge in [-0.3, -0.25) is 9.59 Å². The Kier molecular flexibility index (Phi) is 4.14. The van der Waals surface area contributed by atoms with Crippen LogP contribution in [0.5, 0.6) is 0 Å². The third kappa shape index (κ3) is 3.28. The van der Waals surface area contributed by atoms with Crippen LogP contribution in [0.2, 0.25) is 0 Å². The van der Waals surface area contributed by atoms with E-state index in [1.807, 2.05) is 0 Å². The fraction of sp³-hybridized carbons (Fsp3) is 0.333. The molecule has 0 aromatic heterocycles. The number of carbonyl (C=O) groups excluding carboxylic acids is 2. The van der Waals surface area contributed by atoms with Crippen molar-refractivity contribution in [3.8, 4) is 0 Å². The average molecular weight is 333 g/mol. The van der Waals surface area contributed by atoms with Crippen LogP contribution in [0.3, 0.4) is 0 Å². The molecule has 1 aliphatic rings. The molecule has 7 heteroatoms. The first kappa shape index (κ1) is 13.9. The third-order valence-electron chi connectivity index (χ3n) is 2.89. The molecule has 102 valence electrons. The van der Waals surface area contributed by atoms with Gasteiger partial charge in [0.2, 0.25) is 11.8 Å². The van der Waals surface area contributed by atoms with Crippen molar-refractivity contribution in [3.63, 3.8) is 0 Å². The fourth-order valence-electron chi connectivity index (χ4n) is 1.84. The minimum absolute atomic E-state index is 0.0942. The third-order valence-corrected chi connectivity index (χ3v) is 3.52. The Balaban J connectivity index is 2.09. The van der Waals surface area contributed by atoms with Gasteiger partial charge in [0.15, 0.2) is 5.82 Å². The quantitative estimate of drug-likeness (QED) is 0.872. The SMILES string of the molecule is O=C1CCC(C(=O)Nc2c(F)cc(F)cc2Br)CN1. The lowest BCUT2D eigenvalue weighted by atomic mass is 9.98. The second kappa shape index (κ2) is 5.64. The van der Waals surface area contributed by atoms with Gasteiger partial charge in [-0.1, -0.05) is 0 Å². The topological polar surface area (TPSA) is 58.2 Å². The number of halogens is 3. The van der Waals surface area contributed by atoms with E-state index < -0.39 is 23.5 Å². The summed E-state index contributed by atoms with van der Waals surface area (Å²) in [5.74, 6) is -2.48. The van der Waals surface area contributed by atoms with E-state index in [0.717, 1.165) is 6.07 Å². The number of anilines is 1. The summed E-state index contributed by atoms with van der Waals surface area (Å²) in [4.78, 5) is 22.9. The highest BCUT2D eigenvalue weighted by Crippen LogP contribution is 2.27. The lowest BCUT2D eigenvalue weighted by Crippen LogP contribution is -2.40. The number of hydrogen-bond donors (Lipinski definition) is 2. The van der Waals surface area contributed by atoms with Gasteiger partial charge in [0.25, 0.3) is 0 Å². The van der Waals surface area contributed by atoms with Crippen molar-refractivity contribution >= 4 is 33.4 Å². The monoisotopic (exact) mass is 332 g/mol. The summed E-state index contributed by atoms with van der Waals surface area (Å²) in [5.41, 5.74) is -0.0942. The molecule has 2 N–H and O–H groups in total. The van der Waals surface area contributed by atoms with Crippen molar-refractivity contribution in [1.82, 2.24) is 5.32 Å². The van der Waals surface area contributed by atoms with Gasteiger partial charge in [-0.25, -0.2) is 8.78 Å². The Morgan fingerprint density at radius 2 is 2.16 bits per heavy atom. The second-order valence-corrected chi connectivity index (χ2v) is 5.13. The molecule has 2 amide bonds. The van der Waals surface area contributed by atoms with Gasteiger partial charge in [-0.05, 0) is 28.4 Å². The van der Waals surface area contributed by atoms with Gasteiger partial charge in [0.1, 0.15) is 5.82 Å². The predicted octanol–water partition coefficient (Wildman–Crippen LogP) is 2.19. The highest BCUT2D eigenvalue weighted by molar-refractivity contribution is 9.10. The minimum Gasteiger partial charge on any atom is -0.355 e. The molecule has 0 radical (unpaired) electrons. The predicted molar refractivity (Wildman–Crippen MR) is 68.4 cm³/mol. The van der Waals surface area contributed by atoms with E-state index in [1.165, 1.54) is 0 Å². The maximum Gasteiger partial charge on any atom is 0.229 e. The summed E-state index contributed by atoms with van der Waals surface area (Å²) >= 11 is 3.00. The summed E-state index contributed by atoms with van der Waals surface area (Å²) in [5, 5.41) is 4.98. The molecular weight excluding hydrogens is 322 g/mol. The van der Waals surface area contributed by atoms with E-state index in [4.69, 9.17) is 0 Å². The van der Waals surface area contributed by atoms with Crippen molar-refractivity contribution in [1.29, 1.82) is 0 Å². The van der Waals surface area contributed by atoms with E-state index >= 15 is 0 Å². The second-order valence-electron chi connectivity index (χ2n) is 4.27. The zero-order valence-corrected chi connectivity index (χ0v) is 11.4. The lowest BCUT2D eigenvalue weighted by molar-refractivity contribution is -0.126. The van der Waals surface area contributed by atoms with Crippen molar-refractivity contribution in [2.75, 3.05) is 11.9 Å². The number of amides is 2. The largest absolute Gasteiger partial charge is 0.355 e. The molecule has 1 aromatic rings. The number of hydrogen-bond acceptors (Lipinski definition) is 2. The van der Waals surface area contributed by atoms with Gasteiger partial charge >= 0.3 is 0 Å². The molecule has 1 aromatic carbocycles. The van der Waals surface area contributed by atoms with Crippen LogP contribution < -0.4 is 10.6 Å². The van der Waals surface area contributed by atoms with E-state index in [2.05, 4.69) is 26.6 Å². The highest BCUT2D eigenvalue weighted by Gasteiger charge is 2.25. The molecule has 2 rings (SSSR count). The average Bonchev–Trinajstić information content (AvgIpc) is 2.34. The van der Waals surface area contributed by atoms with Crippen LogP contribution >= 0.6 is 15.9 Å². The zero-order chi connectivity index (χ0) is 14.0. The van der Waals surface area contributed by atoms with Crippen LogP contribution in [0.4, 0.5) is 14.5 Å². The van der Waals surface area contributed by atoms with Gasteiger partial charge in [0, 0.05) is 23.5 Å². The van der Waals surface area contributed by atoms with Crippen LogP contribution in [-0.2, 0) is 9.59 Å². The van der Waals surface area contributed by atoms with Crippen LogP contribution in [0.25, 0.3) is 0 Å². The maximum absolute atomic E-state index is 13.5. The number of rotatable bonds is 2. The van der Waals surface area contributed by atoms with Crippen molar-refractivity contribution < 1.29 is 18.4 Å². The van der Waals surface area contributed by atoms with E-state index in [0.29, 0.717) is 12.5 Å². The Hall–Kier alpha value is -1.50. The normalized spacial score (nSPS) is 18.9. The van der Waals surface area contributed by atoms with Crippen LogP contribution in [0.1, 0.15) is 12.8 Å². The van der Waals surface area contributed by atoms with Crippen LogP contribution in [0, 0.1) is 17.6 Å². The van der Waals surface area contributed by atoms with E-state index in [-0.39, 0.29) is 29.0 Å². The summed E-state index contributed by atoms with van der Waals surface area (Å²) in [6, 6.07) is 1.77. The van der Waals surface area contributed by atoms with E-state index in [1.54, 1.807) is 0 Å². The molecule has 0 saturated carbocycles. The highest BCUT2D eigenvalue weighted by atomic mass is 79.9. The summed E-state index contributed by atoms with van der Waals surface area (Å²) in [6.07, 6.45) is 0.684. The molecule has 4 nitrogen and oxygen atoms in total. The van der Waals surface area contributed by atoms with E-state index in [9.17, 15) is 18.4 Å². The lowest BCUT2D eigenvalue weighted by Gasteiger charge is -2.22. The van der Waals surface area contributed by atoms with Crippen molar-refractivity contribution in [2.45, 2.75) is 12.8 Å². The smallest absolute Gasteiger partial charge is 0.229 e. The van der Waals surface area contributed by atoms with Gasteiger partial charge in [-0.2, -0.15) is 0 Å². The van der Waals surface area contributed by atoms with Gasteiger partial charge in [-0.15, -0.1) is 0 Å². The molecule has 0 aliphatic carbocycles. The van der Waals surface area contributed by atoms with Gasteiger partial charge < -0.3 is 10.6 Å². The molecule has 1 atom stereocenters. The first-order valence-corrected chi connectivity index (χ1v) is 6.49. The molecule has 1 aliphatic heterocycles.